The molecule has 0 fully saturated rings. The van der Waals surface area contributed by atoms with Gasteiger partial charge in [0.1, 0.15) is 0 Å². The molecule has 1 heterocycles. The zero-order valence-electron chi connectivity index (χ0n) is 11.4. The summed E-state index contributed by atoms with van der Waals surface area (Å²) in [6.45, 7) is 4.49. The summed E-state index contributed by atoms with van der Waals surface area (Å²) in [5, 5.41) is 0. The zero-order chi connectivity index (χ0) is 14.7. The summed E-state index contributed by atoms with van der Waals surface area (Å²) >= 11 is 3.42. The molecule has 0 saturated carbocycles. The molecule has 0 spiro atoms. The number of nitrogens with zero attached hydrogens (tertiary/aromatic N) is 3. The minimum absolute atomic E-state index is 0.688. The van der Waals surface area contributed by atoms with E-state index < -0.39 is 0 Å². The highest BCUT2D eigenvalue weighted by atomic mass is 79.9. The van der Waals surface area contributed by atoms with Crippen molar-refractivity contribution in [2.45, 2.75) is 6.54 Å². The number of benzene rings is 2. The van der Waals surface area contributed by atoms with Crippen LogP contribution in [0.4, 0.5) is 5.95 Å². The highest BCUT2D eigenvalue weighted by Crippen LogP contribution is 2.21. The van der Waals surface area contributed by atoms with Crippen molar-refractivity contribution in [1.29, 1.82) is 0 Å². The quantitative estimate of drug-likeness (QED) is 0.499. The van der Waals surface area contributed by atoms with Gasteiger partial charge in [0.05, 0.1) is 11.0 Å². The molecule has 104 valence electrons. The predicted octanol–water partition coefficient (Wildman–Crippen LogP) is 4.74. The molecule has 0 amide bonds. The highest BCUT2D eigenvalue weighted by Gasteiger charge is 2.07. The van der Waals surface area contributed by atoms with Gasteiger partial charge in [-0.2, -0.15) is 0 Å². The van der Waals surface area contributed by atoms with Crippen LogP contribution >= 0.6 is 15.9 Å². The van der Waals surface area contributed by atoms with E-state index in [1.807, 2.05) is 60.8 Å². The molecule has 0 aliphatic rings. The maximum Gasteiger partial charge on any atom is 0.230 e. The Hall–Kier alpha value is -2.20. The second-order valence-electron chi connectivity index (χ2n) is 4.61. The summed E-state index contributed by atoms with van der Waals surface area (Å²) in [4.78, 5) is 9.10. The van der Waals surface area contributed by atoms with Crippen molar-refractivity contribution < 1.29 is 0 Å². The predicted molar refractivity (Wildman–Crippen MR) is 91.3 cm³/mol. The molecule has 4 heteroatoms. The van der Waals surface area contributed by atoms with E-state index in [4.69, 9.17) is 0 Å². The number of rotatable bonds is 4. The molecule has 3 nitrogen and oxygen atoms in total. The van der Waals surface area contributed by atoms with Crippen LogP contribution < -0.4 is 0 Å². The van der Waals surface area contributed by atoms with Gasteiger partial charge in [-0.15, -0.1) is 6.58 Å². The largest absolute Gasteiger partial charge is 0.305 e. The summed E-state index contributed by atoms with van der Waals surface area (Å²) < 4.78 is 3.11. The van der Waals surface area contributed by atoms with Gasteiger partial charge in [0.25, 0.3) is 0 Å². The first-order valence-electron chi connectivity index (χ1n) is 6.64. The Morgan fingerprint density at radius 1 is 1.14 bits per heavy atom. The van der Waals surface area contributed by atoms with Crippen LogP contribution in [0.3, 0.4) is 0 Å². The lowest BCUT2D eigenvalue weighted by atomic mass is 10.2. The zero-order valence-corrected chi connectivity index (χ0v) is 13.0. The number of fused-ring (bicyclic) bond motifs is 1. The molecule has 0 N–H and O–H groups in total. The van der Waals surface area contributed by atoms with E-state index in [-0.39, 0.29) is 0 Å². The van der Waals surface area contributed by atoms with Crippen molar-refractivity contribution in [2.24, 2.45) is 4.99 Å². The van der Waals surface area contributed by atoms with Crippen LogP contribution in [0.5, 0.6) is 0 Å². The maximum atomic E-state index is 4.57. The lowest BCUT2D eigenvalue weighted by molar-refractivity contribution is 0.853. The Morgan fingerprint density at radius 3 is 2.67 bits per heavy atom. The smallest absolute Gasteiger partial charge is 0.230 e. The van der Waals surface area contributed by atoms with Crippen molar-refractivity contribution in [3.8, 4) is 0 Å². The fraction of sp³-hybridized carbons (Fsp3) is 0.0588. The van der Waals surface area contributed by atoms with Crippen LogP contribution in [0.15, 0.2) is 70.7 Å². The van der Waals surface area contributed by atoms with Crippen LogP contribution in [-0.2, 0) is 6.54 Å². The third kappa shape index (κ3) is 2.95. The number of imidazole rings is 1. The first-order valence-corrected chi connectivity index (χ1v) is 7.43. The molecule has 3 aromatic rings. The van der Waals surface area contributed by atoms with Gasteiger partial charge in [0, 0.05) is 17.2 Å². The van der Waals surface area contributed by atoms with Gasteiger partial charge in [-0.1, -0.05) is 46.3 Å². The van der Waals surface area contributed by atoms with Crippen molar-refractivity contribution in [3.63, 3.8) is 0 Å². The SMILES string of the molecule is C=CCn1c(/N=C\c2ccc(Br)cc2)nc2ccccc21. The molecular weight excluding hydrogens is 326 g/mol. The Bertz CT molecular complexity index is 801. The van der Waals surface area contributed by atoms with Crippen molar-refractivity contribution in [1.82, 2.24) is 9.55 Å². The monoisotopic (exact) mass is 339 g/mol. The lowest BCUT2D eigenvalue weighted by Gasteiger charge is -2.01. The Balaban J connectivity index is 2.01. The molecule has 0 saturated heterocycles. The number of allylic oxidation sites excluding steroid dienone is 1. The second-order valence-corrected chi connectivity index (χ2v) is 5.53. The van der Waals surface area contributed by atoms with Crippen LogP contribution in [0.1, 0.15) is 5.56 Å². The van der Waals surface area contributed by atoms with Crippen molar-refractivity contribution >= 4 is 39.1 Å². The molecule has 21 heavy (non-hydrogen) atoms. The standard InChI is InChI=1S/C17H14BrN3/c1-2-11-21-16-6-4-3-5-15(16)20-17(21)19-12-13-7-9-14(18)10-8-13/h2-10,12H,1,11H2/b19-12-. The number of para-hydroxylation sites is 2. The molecule has 0 unspecified atom stereocenters. The highest BCUT2D eigenvalue weighted by molar-refractivity contribution is 9.10. The first kappa shape index (κ1) is 13.8. The fourth-order valence-corrected chi connectivity index (χ4v) is 2.42. The molecule has 0 atom stereocenters. The molecule has 0 bridgehead atoms. The fourth-order valence-electron chi connectivity index (χ4n) is 2.15. The summed E-state index contributed by atoms with van der Waals surface area (Å²) in [7, 11) is 0. The topological polar surface area (TPSA) is 30.2 Å². The van der Waals surface area contributed by atoms with Gasteiger partial charge < -0.3 is 4.57 Å². The van der Waals surface area contributed by atoms with Gasteiger partial charge in [0.15, 0.2) is 0 Å². The Morgan fingerprint density at radius 2 is 1.90 bits per heavy atom. The summed E-state index contributed by atoms with van der Waals surface area (Å²) in [6, 6.07) is 16.0. The molecule has 0 aliphatic carbocycles. The third-order valence-corrected chi connectivity index (χ3v) is 3.67. The summed E-state index contributed by atoms with van der Waals surface area (Å²) in [5.74, 6) is 0.694. The van der Waals surface area contributed by atoms with E-state index in [1.54, 1.807) is 0 Å². The van der Waals surface area contributed by atoms with Crippen LogP contribution in [0, 0.1) is 0 Å². The number of aliphatic imine (C=N–C) groups is 1. The van der Waals surface area contributed by atoms with Crippen LogP contribution in [-0.4, -0.2) is 15.8 Å². The molecule has 2 aromatic carbocycles. The normalized spacial score (nSPS) is 11.3. The van der Waals surface area contributed by atoms with Gasteiger partial charge in [-0.25, -0.2) is 9.98 Å². The van der Waals surface area contributed by atoms with E-state index in [0.717, 1.165) is 21.1 Å². The van der Waals surface area contributed by atoms with Gasteiger partial charge >= 0.3 is 0 Å². The molecule has 1 aromatic heterocycles. The van der Waals surface area contributed by atoms with Gasteiger partial charge in [0.2, 0.25) is 5.95 Å². The van der Waals surface area contributed by atoms with E-state index in [2.05, 4.69) is 37.1 Å². The number of halogens is 1. The lowest BCUT2D eigenvalue weighted by Crippen LogP contribution is -1.94. The van der Waals surface area contributed by atoms with Gasteiger partial charge in [-0.3, -0.25) is 0 Å². The van der Waals surface area contributed by atoms with E-state index >= 15 is 0 Å². The molecule has 0 aliphatic heterocycles. The summed E-state index contributed by atoms with van der Waals surface area (Å²) in [5.41, 5.74) is 3.05. The van der Waals surface area contributed by atoms with Crippen molar-refractivity contribution in [3.05, 3.63) is 71.2 Å². The Kier molecular flexibility index (Phi) is 3.97. The number of hydrogen-bond donors (Lipinski definition) is 0. The summed E-state index contributed by atoms with van der Waals surface area (Å²) in [6.07, 6.45) is 3.68. The molecule has 0 radical (unpaired) electrons. The van der Waals surface area contributed by atoms with E-state index in [1.165, 1.54) is 0 Å². The minimum atomic E-state index is 0.688. The Labute approximate surface area is 131 Å². The average molecular weight is 340 g/mol. The van der Waals surface area contributed by atoms with Crippen molar-refractivity contribution in [2.75, 3.05) is 0 Å². The van der Waals surface area contributed by atoms with E-state index in [9.17, 15) is 0 Å². The number of hydrogen-bond acceptors (Lipinski definition) is 2. The minimum Gasteiger partial charge on any atom is -0.305 e. The number of aromatic nitrogens is 2. The average Bonchev–Trinajstić information content (AvgIpc) is 2.85. The van der Waals surface area contributed by atoms with Gasteiger partial charge in [-0.05, 0) is 29.8 Å². The van der Waals surface area contributed by atoms with Crippen LogP contribution in [0.2, 0.25) is 0 Å². The maximum absolute atomic E-state index is 4.57. The second kappa shape index (κ2) is 6.06. The van der Waals surface area contributed by atoms with E-state index in [0.29, 0.717) is 12.5 Å². The molecular formula is C17H14BrN3. The van der Waals surface area contributed by atoms with Crippen LogP contribution in [0.25, 0.3) is 11.0 Å². The first-order chi connectivity index (χ1) is 10.3. The molecule has 3 rings (SSSR count). The third-order valence-electron chi connectivity index (χ3n) is 3.15.